The summed E-state index contributed by atoms with van der Waals surface area (Å²) in [6, 6.07) is 0.0767. The number of hydrogen-bond acceptors (Lipinski definition) is 4. The van der Waals surface area contributed by atoms with E-state index in [1.807, 2.05) is 0 Å². The van der Waals surface area contributed by atoms with Crippen LogP contribution < -0.4 is 5.32 Å². The lowest BCUT2D eigenvalue weighted by Crippen LogP contribution is -2.49. The number of aliphatic hydroxyl groups excluding tert-OH is 1. The Morgan fingerprint density at radius 3 is 2.70 bits per heavy atom. The van der Waals surface area contributed by atoms with Crippen molar-refractivity contribution in [2.24, 2.45) is 0 Å². The van der Waals surface area contributed by atoms with E-state index in [9.17, 15) is 15.1 Å². The molecule has 0 aromatic heterocycles. The van der Waals surface area contributed by atoms with Gasteiger partial charge in [0.25, 0.3) is 0 Å². The van der Waals surface area contributed by atoms with Gasteiger partial charge in [0.1, 0.15) is 12.7 Å². The molecule has 1 rings (SSSR count). The van der Waals surface area contributed by atoms with Gasteiger partial charge in [0.15, 0.2) is 0 Å². The summed E-state index contributed by atoms with van der Waals surface area (Å²) in [4.78, 5) is 10.4. The first-order valence-electron chi connectivity index (χ1n) is 9.16. The Morgan fingerprint density at radius 1 is 1.26 bits per heavy atom. The number of nitrogens with one attached hydrogen (secondary N) is 1. The molecule has 0 radical (unpaired) electrons. The molecule has 0 spiro atoms. The molecule has 1 aliphatic heterocycles. The third-order valence-electron chi connectivity index (χ3n) is 4.83. The molecule has 1 fully saturated rings. The fourth-order valence-electron chi connectivity index (χ4n) is 3.28. The Hall–Kier alpha value is -0.690. The van der Waals surface area contributed by atoms with Crippen LogP contribution in [0, 0.1) is 5.21 Å². The van der Waals surface area contributed by atoms with Crippen molar-refractivity contribution < 1.29 is 19.7 Å². The summed E-state index contributed by atoms with van der Waals surface area (Å²) in [7, 11) is 0. The highest BCUT2D eigenvalue weighted by Gasteiger charge is 2.33. The molecule has 3 unspecified atom stereocenters. The molecule has 0 amide bonds. The average molecular weight is 330 g/mol. The van der Waals surface area contributed by atoms with Crippen molar-refractivity contribution in [2.45, 2.75) is 83.3 Å². The number of rotatable bonds is 13. The highest BCUT2D eigenvalue weighted by atomic mass is 16.6. The van der Waals surface area contributed by atoms with Crippen molar-refractivity contribution in [3.63, 3.8) is 0 Å². The first-order valence-corrected chi connectivity index (χ1v) is 9.16. The number of carbonyl (C=O) groups is 1. The van der Waals surface area contributed by atoms with Gasteiger partial charge in [-0.2, -0.15) is 0 Å². The van der Waals surface area contributed by atoms with Crippen LogP contribution in [0.4, 0.5) is 0 Å². The number of unbranched alkanes of at least 4 members (excludes halogenated alkanes) is 4. The summed E-state index contributed by atoms with van der Waals surface area (Å²) in [6.45, 7) is 3.79. The Bertz CT molecular complexity index is 341. The zero-order valence-electron chi connectivity index (χ0n) is 14.5. The van der Waals surface area contributed by atoms with Gasteiger partial charge in [-0.15, -0.1) is 0 Å². The molecular weight excluding hydrogens is 296 g/mol. The fraction of sp³-hybridized carbons (Fsp3) is 0.941. The van der Waals surface area contributed by atoms with Crippen molar-refractivity contribution in [1.29, 1.82) is 0 Å². The van der Waals surface area contributed by atoms with Crippen LogP contribution in [0.15, 0.2) is 0 Å². The van der Waals surface area contributed by atoms with Crippen molar-refractivity contribution in [2.75, 3.05) is 19.8 Å². The smallest absolute Gasteiger partial charge is 0.303 e. The normalized spacial score (nSPS) is 25.6. The zero-order valence-corrected chi connectivity index (χ0v) is 14.5. The van der Waals surface area contributed by atoms with Gasteiger partial charge in [0, 0.05) is 19.3 Å². The predicted molar refractivity (Wildman–Crippen MR) is 90.6 cm³/mol. The lowest BCUT2D eigenvalue weighted by molar-refractivity contribution is -0.893. The molecule has 1 saturated heterocycles. The molecule has 1 heterocycles. The third kappa shape index (κ3) is 8.11. The molecule has 0 bridgehead atoms. The summed E-state index contributed by atoms with van der Waals surface area (Å²) < 4.78 is -0.224. The summed E-state index contributed by atoms with van der Waals surface area (Å²) in [6.07, 6.45) is 7.83. The second-order valence-electron chi connectivity index (χ2n) is 6.87. The maximum absolute atomic E-state index is 12.9. The first-order chi connectivity index (χ1) is 11.0. The molecule has 0 aliphatic carbocycles. The molecular formula is C17H34N2O4. The molecule has 23 heavy (non-hydrogen) atoms. The van der Waals surface area contributed by atoms with Crippen LogP contribution in [-0.2, 0) is 4.79 Å². The topological polar surface area (TPSA) is 92.6 Å². The molecule has 3 N–H and O–H groups in total. The quantitative estimate of drug-likeness (QED) is 0.274. The number of aliphatic carboxylic acids is 1. The van der Waals surface area contributed by atoms with Crippen LogP contribution in [0.2, 0.25) is 0 Å². The van der Waals surface area contributed by atoms with E-state index in [0.29, 0.717) is 19.6 Å². The highest BCUT2D eigenvalue weighted by Crippen LogP contribution is 2.23. The van der Waals surface area contributed by atoms with E-state index in [1.54, 1.807) is 0 Å². The third-order valence-corrected chi connectivity index (χ3v) is 4.83. The number of quaternary nitrogens is 1. The van der Waals surface area contributed by atoms with Crippen molar-refractivity contribution >= 4 is 5.97 Å². The van der Waals surface area contributed by atoms with E-state index in [0.717, 1.165) is 57.9 Å². The minimum absolute atomic E-state index is 0.0767. The van der Waals surface area contributed by atoms with Gasteiger partial charge in [-0.3, -0.25) is 10.1 Å². The first kappa shape index (κ1) is 20.4. The second kappa shape index (κ2) is 11.0. The maximum Gasteiger partial charge on any atom is 0.303 e. The van der Waals surface area contributed by atoms with E-state index in [-0.39, 0.29) is 23.2 Å². The van der Waals surface area contributed by atoms with Crippen molar-refractivity contribution in [1.82, 2.24) is 5.32 Å². The summed E-state index contributed by atoms with van der Waals surface area (Å²) >= 11 is 0. The van der Waals surface area contributed by atoms with Gasteiger partial charge in [-0.25, -0.2) is 0 Å². The van der Waals surface area contributed by atoms with Crippen LogP contribution in [-0.4, -0.2) is 52.7 Å². The number of carboxylic acids is 1. The van der Waals surface area contributed by atoms with Gasteiger partial charge >= 0.3 is 5.97 Å². The monoisotopic (exact) mass is 330 g/mol. The second-order valence-corrected chi connectivity index (χ2v) is 6.87. The maximum atomic E-state index is 12.9. The number of carboxylic acid groups (broad SMARTS) is 1. The van der Waals surface area contributed by atoms with Crippen LogP contribution in [0.1, 0.15) is 71.1 Å². The van der Waals surface area contributed by atoms with E-state index in [4.69, 9.17) is 5.11 Å². The van der Waals surface area contributed by atoms with E-state index < -0.39 is 5.97 Å². The predicted octanol–water partition coefficient (Wildman–Crippen LogP) is 2.60. The SMILES string of the molecule is CCCCC(O)CC[N+]1([O-])CNCC1CCCCCCC(=O)O. The fourth-order valence-corrected chi connectivity index (χ4v) is 3.28. The lowest BCUT2D eigenvalue weighted by Gasteiger charge is -2.44. The number of nitrogens with zero attached hydrogens (tertiary/aromatic N) is 1. The lowest BCUT2D eigenvalue weighted by atomic mass is 10.0. The zero-order chi connectivity index (χ0) is 17.1. The molecule has 0 aromatic rings. The summed E-state index contributed by atoms with van der Waals surface area (Å²) in [5.74, 6) is -0.734. The molecule has 3 atom stereocenters. The van der Waals surface area contributed by atoms with Gasteiger partial charge in [-0.1, -0.05) is 32.6 Å². The molecule has 0 saturated carbocycles. The number of hydroxylamine groups is 3. The number of aliphatic hydroxyl groups is 1. The Labute approximate surface area is 140 Å². The van der Waals surface area contributed by atoms with Gasteiger partial charge in [0.2, 0.25) is 0 Å². The van der Waals surface area contributed by atoms with Gasteiger partial charge in [0.05, 0.1) is 19.2 Å². The van der Waals surface area contributed by atoms with E-state index >= 15 is 0 Å². The molecule has 6 nitrogen and oxygen atoms in total. The molecule has 136 valence electrons. The summed E-state index contributed by atoms with van der Waals surface area (Å²) in [5.41, 5.74) is 0. The minimum Gasteiger partial charge on any atom is -0.632 e. The highest BCUT2D eigenvalue weighted by molar-refractivity contribution is 5.66. The van der Waals surface area contributed by atoms with Gasteiger partial charge in [-0.05, 0) is 19.3 Å². The van der Waals surface area contributed by atoms with Crippen molar-refractivity contribution in [3.8, 4) is 0 Å². The number of hydrogen-bond donors (Lipinski definition) is 3. The van der Waals surface area contributed by atoms with Crippen LogP contribution in [0.3, 0.4) is 0 Å². The molecule has 0 aromatic carbocycles. The van der Waals surface area contributed by atoms with Crippen molar-refractivity contribution in [3.05, 3.63) is 5.21 Å². The Kier molecular flexibility index (Phi) is 9.71. The van der Waals surface area contributed by atoms with E-state index in [1.165, 1.54) is 0 Å². The minimum atomic E-state index is -0.734. The Balaban J connectivity index is 2.22. The largest absolute Gasteiger partial charge is 0.632 e. The van der Waals surface area contributed by atoms with Gasteiger partial charge < -0.3 is 20.1 Å². The molecule has 6 heteroatoms. The summed E-state index contributed by atoms with van der Waals surface area (Å²) in [5, 5.41) is 34.6. The standard InChI is InChI=1S/C17H34N2O4/c1-2-3-9-16(20)11-12-19(23)14-18-13-15(19)8-6-4-5-7-10-17(21)22/h15-16,18,20H,2-14H2,1H3,(H,21,22). The van der Waals surface area contributed by atoms with E-state index in [2.05, 4.69) is 12.2 Å². The van der Waals surface area contributed by atoms with Crippen LogP contribution >= 0.6 is 0 Å². The Morgan fingerprint density at radius 2 is 2.00 bits per heavy atom. The molecule has 1 aliphatic rings. The van der Waals surface area contributed by atoms with Crippen LogP contribution in [0.25, 0.3) is 0 Å². The van der Waals surface area contributed by atoms with Crippen LogP contribution in [0.5, 0.6) is 0 Å². The average Bonchev–Trinajstić information content (AvgIpc) is 2.88.